The molecule has 1 saturated carbocycles. The molecule has 2 heterocycles. The molecule has 2 fully saturated rings. The van der Waals surface area contributed by atoms with Gasteiger partial charge in [-0.2, -0.15) is 5.10 Å². The molecule has 0 amide bonds. The summed E-state index contributed by atoms with van der Waals surface area (Å²) in [6.07, 6.45) is 4.45. The summed E-state index contributed by atoms with van der Waals surface area (Å²) in [5.41, 5.74) is 4.09. The van der Waals surface area contributed by atoms with Crippen LogP contribution in [0.15, 0.2) is 30.5 Å². The molecular formula is C19H25BN2O2. The molecule has 1 aliphatic heterocycles. The van der Waals surface area contributed by atoms with Gasteiger partial charge in [0.25, 0.3) is 0 Å². The molecule has 0 atom stereocenters. The van der Waals surface area contributed by atoms with Crippen molar-refractivity contribution in [3.8, 4) is 5.69 Å². The van der Waals surface area contributed by atoms with Crippen LogP contribution in [0.1, 0.15) is 57.7 Å². The zero-order chi connectivity index (χ0) is 17.1. The average Bonchev–Trinajstić information content (AvgIpc) is 3.18. The Balaban J connectivity index is 1.65. The minimum absolute atomic E-state index is 0.314. The predicted molar refractivity (Wildman–Crippen MR) is 96.0 cm³/mol. The van der Waals surface area contributed by atoms with E-state index in [2.05, 4.69) is 68.7 Å². The van der Waals surface area contributed by atoms with Gasteiger partial charge in [0.1, 0.15) is 0 Å². The van der Waals surface area contributed by atoms with Crippen molar-refractivity contribution in [2.45, 2.75) is 64.6 Å². The molecular weight excluding hydrogens is 299 g/mol. The van der Waals surface area contributed by atoms with Crippen LogP contribution >= 0.6 is 0 Å². The van der Waals surface area contributed by atoms with Crippen LogP contribution in [0.5, 0.6) is 0 Å². The van der Waals surface area contributed by atoms with Gasteiger partial charge < -0.3 is 9.31 Å². The maximum Gasteiger partial charge on any atom is 0.494 e. The number of hydrogen-bond donors (Lipinski definition) is 0. The molecule has 2 aromatic rings. The summed E-state index contributed by atoms with van der Waals surface area (Å²) < 4.78 is 14.4. The van der Waals surface area contributed by atoms with Gasteiger partial charge in [-0.15, -0.1) is 0 Å². The number of aromatic nitrogens is 2. The highest BCUT2D eigenvalue weighted by Gasteiger charge is 2.51. The Morgan fingerprint density at radius 3 is 2.33 bits per heavy atom. The molecule has 4 nitrogen and oxygen atoms in total. The molecule has 126 valence electrons. The first kappa shape index (κ1) is 15.9. The minimum atomic E-state index is -0.316. The number of aryl methyl sites for hydroxylation is 1. The van der Waals surface area contributed by atoms with Gasteiger partial charge in [-0.1, -0.05) is 12.1 Å². The van der Waals surface area contributed by atoms with Crippen LogP contribution in [0.3, 0.4) is 0 Å². The highest BCUT2D eigenvalue weighted by Crippen LogP contribution is 2.41. The van der Waals surface area contributed by atoms with Gasteiger partial charge in [-0.05, 0) is 70.6 Å². The van der Waals surface area contributed by atoms with Crippen LogP contribution in [-0.2, 0) is 9.31 Å². The fourth-order valence-electron chi connectivity index (χ4n) is 3.25. The monoisotopic (exact) mass is 324 g/mol. The normalized spacial score (nSPS) is 22.1. The van der Waals surface area contributed by atoms with Crippen molar-refractivity contribution in [1.82, 2.24) is 9.78 Å². The first-order valence-corrected chi connectivity index (χ1v) is 8.79. The van der Waals surface area contributed by atoms with Crippen molar-refractivity contribution >= 4 is 12.6 Å². The van der Waals surface area contributed by atoms with Crippen LogP contribution in [0.25, 0.3) is 5.69 Å². The smallest absolute Gasteiger partial charge is 0.399 e. The number of nitrogens with zero attached hydrogens (tertiary/aromatic N) is 2. The van der Waals surface area contributed by atoms with Gasteiger partial charge in [0.05, 0.1) is 16.9 Å². The zero-order valence-corrected chi connectivity index (χ0v) is 15.2. The van der Waals surface area contributed by atoms with Crippen molar-refractivity contribution in [3.05, 3.63) is 41.7 Å². The quantitative estimate of drug-likeness (QED) is 0.813. The molecule has 5 heteroatoms. The van der Waals surface area contributed by atoms with Gasteiger partial charge in [0, 0.05) is 17.8 Å². The van der Waals surface area contributed by atoms with Crippen molar-refractivity contribution in [1.29, 1.82) is 0 Å². The molecule has 0 spiro atoms. The summed E-state index contributed by atoms with van der Waals surface area (Å²) in [6.45, 7) is 10.5. The van der Waals surface area contributed by atoms with E-state index in [1.165, 1.54) is 24.1 Å². The number of benzene rings is 1. The van der Waals surface area contributed by atoms with Gasteiger partial charge >= 0.3 is 7.12 Å². The van der Waals surface area contributed by atoms with Crippen LogP contribution in [0.4, 0.5) is 0 Å². The van der Waals surface area contributed by atoms with Crippen molar-refractivity contribution in [2.24, 2.45) is 0 Å². The lowest BCUT2D eigenvalue weighted by Crippen LogP contribution is -2.41. The largest absolute Gasteiger partial charge is 0.494 e. The van der Waals surface area contributed by atoms with E-state index in [4.69, 9.17) is 9.31 Å². The molecule has 1 aromatic carbocycles. The molecule has 0 N–H and O–H groups in total. The summed E-state index contributed by atoms with van der Waals surface area (Å²) >= 11 is 0. The van der Waals surface area contributed by atoms with E-state index in [-0.39, 0.29) is 18.3 Å². The van der Waals surface area contributed by atoms with E-state index < -0.39 is 0 Å². The molecule has 1 aromatic heterocycles. The minimum Gasteiger partial charge on any atom is -0.399 e. The Hall–Kier alpha value is -1.59. The third-order valence-corrected chi connectivity index (χ3v) is 5.64. The molecule has 24 heavy (non-hydrogen) atoms. The van der Waals surface area contributed by atoms with Crippen molar-refractivity contribution < 1.29 is 9.31 Å². The molecule has 0 radical (unpaired) electrons. The van der Waals surface area contributed by atoms with Crippen LogP contribution < -0.4 is 5.46 Å². The Morgan fingerprint density at radius 1 is 1.08 bits per heavy atom. The van der Waals surface area contributed by atoms with Crippen LogP contribution in [0.2, 0.25) is 0 Å². The molecule has 1 saturated heterocycles. The molecule has 0 bridgehead atoms. The standard InChI is InChI=1S/C19H25BN2O2/c1-13-12-15(20-23-18(2,3)19(4,5)24-20)8-9-16(13)22-17(10-11-21-22)14-6-7-14/h8-12,14H,6-7H2,1-5H3. The van der Waals surface area contributed by atoms with Gasteiger partial charge in [0.2, 0.25) is 0 Å². The fourth-order valence-corrected chi connectivity index (χ4v) is 3.25. The lowest BCUT2D eigenvalue weighted by atomic mass is 9.78. The van der Waals surface area contributed by atoms with E-state index in [1.807, 2.05) is 6.20 Å². The second-order valence-electron chi connectivity index (χ2n) is 8.08. The SMILES string of the molecule is Cc1cc(B2OC(C)(C)C(C)(C)O2)ccc1-n1nccc1C1CC1. The molecule has 4 rings (SSSR count). The van der Waals surface area contributed by atoms with E-state index >= 15 is 0 Å². The Labute approximate surface area is 144 Å². The van der Waals surface area contributed by atoms with Crippen molar-refractivity contribution in [2.75, 3.05) is 0 Å². The zero-order valence-electron chi connectivity index (χ0n) is 15.2. The van der Waals surface area contributed by atoms with Gasteiger partial charge in [-0.3, -0.25) is 0 Å². The second kappa shape index (κ2) is 5.20. The van der Waals surface area contributed by atoms with E-state index in [0.29, 0.717) is 5.92 Å². The predicted octanol–water partition coefficient (Wildman–Crippen LogP) is 3.36. The van der Waals surface area contributed by atoms with E-state index in [9.17, 15) is 0 Å². The number of rotatable bonds is 3. The fraction of sp³-hybridized carbons (Fsp3) is 0.526. The first-order chi connectivity index (χ1) is 11.3. The second-order valence-corrected chi connectivity index (χ2v) is 8.08. The van der Waals surface area contributed by atoms with Gasteiger partial charge in [-0.25, -0.2) is 4.68 Å². The highest BCUT2D eigenvalue weighted by molar-refractivity contribution is 6.62. The van der Waals surface area contributed by atoms with E-state index in [0.717, 1.165) is 11.2 Å². The molecule has 2 aliphatic rings. The topological polar surface area (TPSA) is 36.3 Å². The van der Waals surface area contributed by atoms with E-state index in [1.54, 1.807) is 0 Å². The molecule has 1 aliphatic carbocycles. The van der Waals surface area contributed by atoms with Crippen molar-refractivity contribution in [3.63, 3.8) is 0 Å². The summed E-state index contributed by atoms with van der Waals surface area (Å²) in [7, 11) is -0.316. The molecule has 0 unspecified atom stereocenters. The first-order valence-electron chi connectivity index (χ1n) is 8.79. The lowest BCUT2D eigenvalue weighted by molar-refractivity contribution is 0.00578. The maximum atomic E-state index is 6.16. The van der Waals surface area contributed by atoms with Gasteiger partial charge in [0.15, 0.2) is 0 Å². The lowest BCUT2D eigenvalue weighted by Gasteiger charge is -2.32. The maximum absolute atomic E-state index is 6.16. The Morgan fingerprint density at radius 2 is 1.75 bits per heavy atom. The van der Waals surface area contributed by atoms with Crippen LogP contribution in [0, 0.1) is 6.92 Å². The average molecular weight is 324 g/mol. The third kappa shape index (κ3) is 2.51. The summed E-state index contributed by atoms with van der Waals surface area (Å²) in [5.74, 6) is 0.676. The summed E-state index contributed by atoms with van der Waals surface area (Å²) in [5, 5.41) is 4.54. The number of hydrogen-bond acceptors (Lipinski definition) is 3. The Bertz CT molecular complexity index is 761. The summed E-state index contributed by atoms with van der Waals surface area (Å²) in [6, 6.07) is 8.53. The third-order valence-electron chi connectivity index (χ3n) is 5.64. The van der Waals surface area contributed by atoms with Crippen LogP contribution in [-0.4, -0.2) is 28.1 Å². The summed E-state index contributed by atoms with van der Waals surface area (Å²) in [4.78, 5) is 0. The highest BCUT2D eigenvalue weighted by atomic mass is 16.7. The Kier molecular flexibility index (Phi) is 3.45.